The van der Waals surface area contributed by atoms with Crippen LogP contribution in [0.1, 0.15) is 24.1 Å². The number of hydrogen-bond acceptors (Lipinski definition) is 5. The van der Waals surface area contributed by atoms with E-state index in [-0.39, 0.29) is 6.04 Å². The van der Waals surface area contributed by atoms with E-state index < -0.39 is 0 Å². The molecule has 0 saturated carbocycles. The summed E-state index contributed by atoms with van der Waals surface area (Å²) in [6, 6.07) is 5.84. The fourth-order valence-electron chi connectivity index (χ4n) is 1.98. The number of halogens is 1. The number of ether oxygens (including phenoxy) is 2. The van der Waals surface area contributed by atoms with Gasteiger partial charge in [0, 0.05) is 5.56 Å². The molecule has 0 saturated heterocycles. The number of rotatable bonds is 5. The van der Waals surface area contributed by atoms with Crippen LogP contribution in [0.3, 0.4) is 0 Å². The van der Waals surface area contributed by atoms with Crippen LogP contribution >= 0.6 is 11.6 Å². The first-order valence-electron chi connectivity index (χ1n) is 6.52. The van der Waals surface area contributed by atoms with Crippen molar-refractivity contribution < 1.29 is 9.47 Å². The van der Waals surface area contributed by atoms with Crippen molar-refractivity contribution in [1.29, 1.82) is 0 Å². The summed E-state index contributed by atoms with van der Waals surface area (Å²) >= 11 is 6.00. The Balaban J connectivity index is 2.24. The normalized spacial score (nSPS) is 11.9. The van der Waals surface area contributed by atoms with Crippen LogP contribution in [-0.4, -0.2) is 24.2 Å². The molecule has 0 aliphatic heterocycles. The minimum atomic E-state index is 0.0365. The molecule has 6 heteroatoms. The number of nitrogens with zero attached hydrogens (tertiary/aromatic N) is 2. The Labute approximate surface area is 129 Å². The number of benzene rings is 1. The number of methoxy groups -OCH3 is 2. The van der Waals surface area contributed by atoms with Gasteiger partial charge in [-0.1, -0.05) is 17.7 Å². The highest BCUT2D eigenvalue weighted by atomic mass is 35.5. The molecule has 1 aromatic heterocycles. The maximum Gasteiger partial charge on any atom is 0.161 e. The lowest BCUT2D eigenvalue weighted by Gasteiger charge is -2.18. The van der Waals surface area contributed by atoms with Crippen molar-refractivity contribution in [3.05, 3.63) is 40.8 Å². The summed E-state index contributed by atoms with van der Waals surface area (Å²) in [5, 5.41) is 3.78. The highest BCUT2D eigenvalue weighted by Crippen LogP contribution is 2.31. The van der Waals surface area contributed by atoms with Crippen molar-refractivity contribution in [2.75, 3.05) is 19.5 Å². The van der Waals surface area contributed by atoms with Crippen LogP contribution in [0.15, 0.2) is 24.5 Å². The highest BCUT2D eigenvalue weighted by Gasteiger charge is 2.12. The van der Waals surface area contributed by atoms with E-state index >= 15 is 0 Å². The molecule has 1 heterocycles. The summed E-state index contributed by atoms with van der Waals surface area (Å²) in [6.45, 7) is 3.92. The first-order valence-corrected chi connectivity index (χ1v) is 6.90. The van der Waals surface area contributed by atoms with Gasteiger partial charge in [0.25, 0.3) is 0 Å². The van der Waals surface area contributed by atoms with Crippen LogP contribution < -0.4 is 14.8 Å². The van der Waals surface area contributed by atoms with Gasteiger partial charge < -0.3 is 14.8 Å². The molecule has 0 amide bonds. The van der Waals surface area contributed by atoms with Gasteiger partial charge in [-0.05, 0) is 31.5 Å². The van der Waals surface area contributed by atoms with Crippen molar-refractivity contribution in [2.45, 2.75) is 19.9 Å². The minimum absolute atomic E-state index is 0.0365. The third-order valence-electron chi connectivity index (χ3n) is 3.28. The summed E-state index contributed by atoms with van der Waals surface area (Å²) in [6.07, 6.45) is 1.44. The van der Waals surface area contributed by atoms with Gasteiger partial charge in [-0.15, -0.1) is 0 Å². The molecule has 0 bridgehead atoms. The second kappa shape index (κ2) is 6.63. The van der Waals surface area contributed by atoms with E-state index in [0.717, 1.165) is 16.9 Å². The SMILES string of the molecule is COc1ccc(C(C)Nc2ncnc(Cl)c2C)cc1OC. The Morgan fingerprint density at radius 2 is 1.86 bits per heavy atom. The molecule has 1 aromatic carbocycles. The Kier molecular flexibility index (Phi) is 4.85. The standard InChI is InChI=1S/C15H18ClN3O2/c1-9-14(16)17-8-18-15(9)19-10(2)11-5-6-12(20-3)13(7-11)21-4/h5-8,10H,1-4H3,(H,17,18,19). The van der Waals surface area contributed by atoms with E-state index in [1.807, 2.05) is 32.0 Å². The summed E-state index contributed by atoms with van der Waals surface area (Å²) in [7, 11) is 3.24. The lowest BCUT2D eigenvalue weighted by molar-refractivity contribution is 0.354. The van der Waals surface area contributed by atoms with Gasteiger partial charge in [0.15, 0.2) is 11.5 Å². The Bertz CT molecular complexity index is 634. The molecule has 0 fully saturated rings. The molecule has 0 radical (unpaired) electrons. The third-order valence-corrected chi connectivity index (χ3v) is 3.66. The number of anilines is 1. The van der Waals surface area contributed by atoms with Crippen LogP contribution in [-0.2, 0) is 0 Å². The second-order valence-corrected chi connectivity index (χ2v) is 4.98. The molecule has 2 rings (SSSR count). The molecule has 0 spiro atoms. The van der Waals surface area contributed by atoms with Crippen molar-refractivity contribution in [1.82, 2.24) is 9.97 Å². The fraction of sp³-hybridized carbons (Fsp3) is 0.333. The quantitative estimate of drug-likeness (QED) is 0.855. The van der Waals surface area contributed by atoms with E-state index in [0.29, 0.717) is 16.7 Å². The van der Waals surface area contributed by atoms with Gasteiger partial charge in [-0.25, -0.2) is 9.97 Å². The molecule has 5 nitrogen and oxygen atoms in total. The zero-order valence-electron chi connectivity index (χ0n) is 12.5. The van der Waals surface area contributed by atoms with Crippen molar-refractivity contribution >= 4 is 17.4 Å². The molecule has 1 atom stereocenters. The van der Waals surface area contributed by atoms with Gasteiger partial charge in [0.05, 0.1) is 20.3 Å². The van der Waals surface area contributed by atoms with E-state index in [4.69, 9.17) is 21.1 Å². The van der Waals surface area contributed by atoms with Crippen LogP contribution in [0.2, 0.25) is 5.15 Å². The first-order chi connectivity index (χ1) is 10.1. The zero-order chi connectivity index (χ0) is 15.4. The Morgan fingerprint density at radius 1 is 1.14 bits per heavy atom. The predicted octanol–water partition coefficient (Wildman–Crippen LogP) is 3.63. The van der Waals surface area contributed by atoms with Crippen molar-refractivity contribution in [3.63, 3.8) is 0 Å². The van der Waals surface area contributed by atoms with E-state index in [2.05, 4.69) is 15.3 Å². The minimum Gasteiger partial charge on any atom is -0.493 e. The predicted molar refractivity (Wildman–Crippen MR) is 83.4 cm³/mol. The molecule has 21 heavy (non-hydrogen) atoms. The van der Waals surface area contributed by atoms with Crippen LogP contribution in [0.4, 0.5) is 5.82 Å². The van der Waals surface area contributed by atoms with Gasteiger partial charge in [-0.3, -0.25) is 0 Å². The molecule has 112 valence electrons. The average Bonchev–Trinajstić information content (AvgIpc) is 2.51. The number of aromatic nitrogens is 2. The van der Waals surface area contributed by atoms with Crippen LogP contribution in [0.25, 0.3) is 0 Å². The lowest BCUT2D eigenvalue weighted by atomic mass is 10.1. The highest BCUT2D eigenvalue weighted by molar-refractivity contribution is 6.30. The first kappa shape index (κ1) is 15.4. The molecular formula is C15H18ClN3O2. The van der Waals surface area contributed by atoms with E-state index in [9.17, 15) is 0 Å². The Morgan fingerprint density at radius 3 is 2.52 bits per heavy atom. The smallest absolute Gasteiger partial charge is 0.161 e. The molecule has 2 aromatic rings. The largest absolute Gasteiger partial charge is 0.493 e. The maximum absolute atomic E-state index is 6.00. The van der Waals surface area contributed by atoms with Crippen LogP contribution in [0, 0.1) is 6.92 Å². The third kappa shape index (κ3) is 3.36. The van der Waals surface area contributed by atoms with Crippen LogP contribution in [0.5, 0.6) is 11.5 Å². The average molecular weight is 308 g/mol. The van der Waals surface area contributed by atoms with Gasteiger partial charge in [0.2, 0.25) is 0 Å². The fourth-order valence-corrected chi connectivity index (χ4v) is 2.12. The van der Waals surface area contributed by atoms with Gasteiger partial charge >= 0.3 is 0 Å². The monoisotopic (exact) mass is 307 g/mol. The molecule has 0 aliphatic carbocycles. The number of nitrogens with one attached hydrogen (secondary N) is 1. The molecule has 1 unspecified atom stereocenters. The molecular weight excluding hydrogens is 290 g/mol. The van der Waals surface area contributed by atoms with Gasteiger partial charge in [0.1, 0.15) is 17.3 Å². The van der Waals surface area contributed by atoms with Crippen molar-refractivity contribution in [3.8, 4) is 11.5 Å². The zero-order valence-corrected chi connectivity index (χ0v) is 13.2. The van der Waals surface area contributed by atoms with E-state index in [1.54, 1.807) is 14.2 Å². The number of hydrogen-bond donors (Lipinski definition) is 1. The summed E-state index contributed by atoms with van der Waals surface area (Å²) in [4.78, 5) is 8.17. The van der Waals surface area contributed by atoms with E-state index in [1.165, 1.54) is 6.33 Å². The molecule has 1 N–H and O–H groups in total. The summed E-state index contributed by atoms with van der Waals surface area (Å²) in [5.74, 6) is 2.12. The molecule has 0 aliphatic rings. The summed E-state index contributed by atoms with van der Waals surface area (Å²) in [5.41, 5.74) is 1.88. The second-order valence-electron chi connectivity index (χ2n) is 4.62. The summed E-state index contributed by atoms with van der Waals surface area (Å²) < 4.78 is 10.6. The maximum atomic E-state index is 6.00. The van der Waals surface area contributed by atoms with Gasteiger partial charge in [-0.2, -0.15) is 0 Å². The topological polar surface area (TPSA) is 56.3 Å². The Hall–Kier alpha value is -2.01. The van der Waals surface area contributed by atoms with Crippen molar-refractivity contribution in [2.24, 2.45) is 0 Å². The lowest BCUT2D eigenvalue weighted by Crippen LogP contribution is -2.10.